The number of halogens is 1. The number of benzene rings is 2. The van der Waals surface area contributed by atoms with Crippen molar-refractivity contribution < 1.29 is 19.0 Å². The Hall–Kier alpha value is -2.40. The van der Waals surface area contributed by atoms with E-state index in [1.54, 1.807) is 24.3 Å². The molecule has 1 amide bonds. The minimum atomic E-state index is -0.487. The Balaban J connectivity index is 1.72. The number of phenolic OH excluding ortho intramolecular Hbond substituents is 1. The van der Waals surface area contributed by atoms with Crippen LogP contribution in [0.3, 0.4) is 0 Å². The van der Waals surface area contributed by atoms with Crippen molar-refractivity contribution >= 4 is 5.91 Å². The van der Waals surface area contributed by atoms with Gasteiger partial charge in [-0.15, -0.1) is 0 Å². The number of phenols is 1. The maximum absolute atomic E-state index is 13.0. The Bertz CT molecular complexity index is 694. The van der Waals surface area contributed by atoms with Crippen molar-refractivity contribution in [3.05, 3.63) is 53.8 Å². The summed E-state index contributed by atoms with van der Waals surface area (Å²) in [5.74, 6) is -0.727. The van der Waals surface area contributed by atoms with Gasteiger partial charge in [-0.2, -0.15) is 0 Å². The Morgan fingerprint density at radius 2 is 1.83 bits per heavy atom. The quantitative estimate of drug-likeness (QED) is 0.915. The Morgan fingerprint density at radius 3 is 2.48 bits per heavy atom. The number of carbonyl (C=O) groups excluding carboxylic acids is 1. The fourth-order valence-corrected chi connectivity index (χ4v) is 2.66. The van der Waals surface area contributed by atoms with Gasteiger partial charge in [-0.05, 0) is 42.7 Å². The van der Waals surface area contributed by atoms with Crippen LogP contribution in [0.25, 0.3) is 11.1 Å². The van der Waals surface area contributed by atoms with Crippen molar-refractivity contribution in [2.24, 2.45) is 0 Å². The van der Waals surface area contributed by atoms with Crippen LogP contribution in [0.5, 0.6) is 5.75 Å². The van der Waals surface area contributed by atoms with Gasteiger partial charge in [0.15, 0.2) is 0 Å². The molecule has 4 nitrogen and oxygen atoms in total. The van der Waals surface area contributed by atoms with Gasteiger partial charge in [-0.3, -0.25) is 4.79 Å². The van der Waals surface area contributed by atoms with Crippen molar-refractivity contribution in [3.63, 3.8) is 0 Å². The van der Waals surface area contributed by atoms with Crippen LogP contribution >= 0.6 is 0 Å². The fraction of sp³-hybridized carbons (Fsp3) is 0.278. The van der Waals surface area contributed by atoms with Gasteiger partial charge >= 0.3 is 0 Å². The van der Waals surface area contributed by atoms with E-state index in [4.69, 9.17) is 4.74 Å². The first kappa shape index (κ1) is 15.5. The van der Waals surface area contributed by atoms with Crippen LogP contribution in [0.1, 0.15) is 23.2 Å². The molecule has 1 saturated heterocycles. The van der Waals surface area contributed by atoms with Gasteiger partial charge in [0.2, 0.25) is 0 Å². The predicted molar refractivity (Wildman–Crippen MR) is 84.8 cm³/mol. The summed E-state index contributed by atoms with van der Waals surface area (Å²) in [5, 5.41) is 12.8. The molecule has 0 saturated carbocycles. The highest BCUT2D eigenvalue weighted by Crippen LogP contribution is 2.29. The first-order valence-corrected chi connectivity index (χ1v) is 7.61. The Kier molecular flexibility index (Phi) is 4.57. The molecule has 23 heavy (non-hydrogen) atoms. The molecule has 0 spiro atoms. The van der Waals surface area contributed by atoms with Gasteiger partial charge < -0.3 is 15.2 Å². The maximum atomic E-state index is 13.0. The summed E-state index contributed by atoms with van der Waals surface area (Å²) in [6.45, 7) is 1.35. The molecule has 0 bridgehead atoms. The van der Waals surface area contributed by atoms with Crippen LogP contribution in [-0.2, 0) is 4.74 Å². The van der Waals surface area contributed by atoms with Crippen molar-refractivity contribution in [2.75, 3.05) is 13.2 Å². The van der Waals surface area contributed by atoms with Crippen molar-refractivity contribution in [1.29, 1.82) is 0 Å². The largest absolute Gasteiger partial charge is 0.507 e. The molecular formula is C18H18FNO3. The average molecular weight is 315 g/mol. The zero-order chi connectivity index (χ0) is 16.2. The normalized spacial score (nSPS) is 15.3. The van der Waals surface area contributed by atoms with Crippen molar-refractivity contribution in [2.45, 2.75) is 18.9 Å². The van der Waals surface area contributed by atoms with Crippen LogP contribution in [0.4, 0.5) is 4.39 Å². The molecule has 3 rings (SSSR count). The van der Waals surface area contributed by atoms with Gasteiger partial charge in [0.1, 0.15) is 11.6 Å². The highest BCUT2D eigenvalue weighted by Gasteiger charge is 2.17. The first-order chi connectivity index (χ1) is 11.1. The van der Waals surface area contributed by atoms with E-state index >= 15 is 0 Å². The molecule has 1 heterocycles. The van der Waals surface area contributed by atoms with Gasteiger partial charge in [0.25, 0.3) is 5.91 Å². The lowest BCUT2D eigenvalue weighted by atomic mass is 10.0. The molecule has 0 unspecified atom stereocenters. The van der Waals surface area contributed by atoms with Crippen LogP contribution in [0.2, 0.25) is 0 Å². The van der Waals surface area contributed by atoms with Gasteiger partial charge in [0.05, 0.1) is 0 Å². The second-order valence-electron chi connectivity index (χ2n) is 5.60. The van der Waals surface area contributed by atoms with Gasteiger partial charge in [-0.25, -0.2) is 4.39 Å². The molecule has 2 aromatic carbocycles. The van der Waals surface area contributed by atoms with Crippen LogP contribution < -0.4 is 5.32 Å². The van der Waals surface area contributed by atoms with Crippen LogP contribution in [0, 0.1) is 5.82 Å². The number of aromatic hydroxyl groups is 1. The molecule has 0 atom stereocenters. The van der Waals surface area contributed by atoms with Gasteiger partial charge in [-0.1, -0.05) is 12.1 Å². The van der Waals surface area contributed by atoms with Crippen LogP contribution in [-0.4, -0.2) is 30.3 Å². The number of nitrogens with one attached hydrogen (secondary N) is 1. The summed E-state index contributed by atoms with van der Waals surface area (Å²) in [4.78, 5) is 12.2. The topological polar surface area (TPSA) is 58.6 Å². The lowest BCUT2D eigenvalue weighted by Crippen LogP contribution is -2.38. The van der Waals surface area contributed by atoms with Gasteiger partial charge in [0, 0.05) is 36.4 Å². The number of hydrogen-bond acceptors (Lipinski definition) is 3. The van der Waals surface area contributed by atoms with E-state index in [2.05, 4.69) is 5.32 Å². The SMILES string of the molecule is O=C(NC1CCOCC1)c1ccc(-c2ccc(F)cc2O)cc1. The standard InChI is InChI=1S/C18H18FNO3/c19-14-5-6-16(17(21)11-14)12-1-3-13(4-2-12)18(22)20-15-7-9-23-10-8-15/h1-6,11,15,21H,7-10H2,(H,20,22). The summed E-state index contributed by atoms with van der Waals surface area (Å²) in [6, 6.07) is 10.9. The number of ether oxygens (including phenoxy) is 1. The van der Waals surface area contributed by atoms with E-state index in [0.29, 0.717) is 24.3 Å². The van der Waals surface area contributed by atoms with E-state index < -0.39 is 5.82 Å². The number of rotatable bonds is 3. The predicted octanol–water partition coefficient (Wildman–Crippen LogP) is 3.11. The minimum Gasteiger partial charge on any atom is -0.507 e. The number of hydrogen-bond donors (Lipinski definition) is 2. The molecule has 5 heteroatoms. The summed E-state index contributed by atoms with van der Waals surface area (Å²) in [5.41, 5.74) is 1.81. The zero-order valence-corrected chi connectivity index (χ0v) is 12.6. The molecule has 0 aromatic heterocycles. The Morgan fingerprint density at radius 1 is 1.13 bits per heavy atom. The third-order valence-electron chi connectivity index (χ3n) is 3.97. The van der Waals surface area contributed by atoms with E-state index in [-0.39, 0.29) is 17.7 Å². The summed E-state index contributed by atoms with van der Waals surface area (Å²) in [6.07, 6.45) is 1.65. The molecule has 2 aromatic rings. The number of carbonyl (C=O) groups is 1. The molecule has 0 aliphatic carbocycles. The summed E-state index contributed by atoms with van der Waals surface area (Å²) < 4.78 is 18.3. The third-order valence-corrected chi connectivity index (χ3v) is 3.97. The minimum absolute atomic E-state index is 0.119. The molecule has 1 aliphatic heterocycles. The summed E-state index contributed by atoms with van der Waals surface area (Å²) >= 11 is 0. The van der Waals surface area contributed by atoms with E-state index in [9.17, 15) is 14.3 Å². The zero-order valence-electron chi connectivity index (χ0n) is 12.6. The molecule has 1 aliphatic rings. The Labute approximate surface area is 133 Å². The average Bonchev–Trinajstić information content (AvgIpc) is 2.56. The monoisotopic (exact) mass is 315 g/mol. The highest BCUT2D eigenvalue weighted by atomic mass is 19.1. The summed E-state index contributed by atoms with van der Waals surface area (Å²) in [7, 11) is 0. The van der Waals surface area contributed by atoms with Crippen molar-refractivity contribution in [3.8, 4) is 16.9 Å². The molecular weight excluding hydrogens is 297 g/mol. The second kappa shape index (κ2) is 6.79. The van der Waals surface area contributed by atoms with E-state index in [0.717, 1.165) is 24.5 Å². The third kappa shape index (κ3) is 3.68. The second-order valence-corrected chi connectivity index (χ2v) is 5.60. The molecule has 1 fully saturated rings. The molecule has 2 N–H and O–H groups in total. The van der Waals surface area contributed by atoms with Crippen molar-refractivity contribution in [1.82, 2.24) is 5.32 Å². The first-order valence-electron chi connectivity index (χ1n) is 7.61. The fourth-order valence-electron chi connectivity index (χ4n) is 2.66. The lowest BCUT2D eigenvalue weighted by molar-refractivity contribution is 0.0696. The maximum Gasteiger partial charge on any atom is 0.251 e. The smallest absolute Gasteiger partial charge is 0.251 e. The highest BCUT2D eigenvalue weighted by molar-refractivity contribution is 5.95. The molecule has 120 valence electrons. The lowest BCUT2D eigenvalue weighted by Gasteiger charge is -2.23. The van der Waals surface area contributed by atoms with E-state index in [1.165, 1.54) is 12.1 Å². The van der Waals surface area contributed by atoms with Crippen LogP contribution in [0.15, 0.2) is 42.5 Å². The van der Waals surface area contributed by atoms with E-state index in [1.807, 2.05) is 0 Å². The number of amides is 1. The molecule has 0 radical (unpaired) electrons.